The van der Waals surface area contributed by atoms with Crippen LogP contribution >= 0.6 is 0 Å². The van der Waals surface area contributed by atoms with Crippen LogP contribution in [0.2, 0.25) is 0 Å². The maximum atomic E-state index is 13.7. The van der Waals surface area contributed by atoms with E-state index in [1.165, 1.54) is 6.92 Å². The van der Waals surface area contributed by atoms with Crippen molar-refractivity contribution in [3.63, 3.8) is 0 Å². The molecule has 1 aromatic heterocycles. The van der Waals surface area contributed by atoms with Crippen LogP contribution in [0.5, 0.6) is 0 Å². The van der Waals surface area contributed by atoms with Gasteiger partial charge in [-0.3, -0.25) is 0 Å². The van der Waals surface area contributed by atoms with Crippen molar-refractivity contribution in [3.05, 3.63) is 35.2 Å². The van der Waals surface area contributed by atoms with Crippen LogP contribution in [0.4, 0.5) is 14.7 Å². The van der Waals surface area contributed by atoms with Gasteiger partial charge in [0.25, 0.3) is 16.0 Å². The molecule has 112 valence electrons. The number of rotatable bonds is 4. The Hall–Kier alpha value is -2.03. The molecule has 1 aliphatic carbocycles. The van der Waals surface area contributed by atoms with E-state index in [4.69, 9.17) is 4.52 Å². The van der Waals surface area contributed by atoms with Gasteiger partial charge in [0.2, 0.25) is 5.89 Å². The predicted molar refractivity (Wildman–Crippen MR) is 68.2 cm³/mol. The van der Waals surface area contributed by atoms with Gasteiger partial charge in [0, 0.05) is 5.92 Å². The molecule has 1 aliphatic rings. The summed E-state index contributed by atoms with van der Waals surface area (Å²) in [6, 6.07) is 1.44. The highest BCUT2D eigenvalue weighted by atomic mass is 32.2. The summed E-state index contributed by atoms with van der Waals surface area (Å²) in [5, 5.41) is 3.47. The summed E-state index contributed by atoms with van der Waals surface area (Å²) in [5.74, 6) is -1.67. The molecular weight excluding hydrogens is 304 g/mol. The molecule has 9 heteroatoms. The summed E-state index contributed by atoms with van der Waals surface area (Å²) in [4.78, 5) is 3.07. The Balaban J connectivity index is 1.90. The number of aromatic nitrogens is 2. The van der Waals surface area contributed by atoms with Crippen LogP contribution in [0.25, 0.3) is 0 Å². The molecule has 2 aromatic rings. The van der Waals surface area contributed by atoms with Crippen molar-refractivity contribution < 1.29 is 21.7 Å². The molecule has 0 bridgehead atoms. The van der Waals surface area contributed by atoms with Crippen molar-refractivity contribution >= 4 is 16.0 Å². The predicted octanol–water partition coefficient (Wildman–Crippen LogP) is 2.33. The third-order valence-electron chi connectivity index (χ3n) is 3.10. The summed E-state index contributed by atoms with van der Waals surface area (Å²) in [6.07, 6.45) is 1.82. The van der Waals surface area contributed by atoms with Gasteiger partial charge in [-0.2, -0.15) is 4.98 Å². The number of hydrogen-bond donors (Lipinski definition) is 1. The Bertz CT molecular complexity index is 800. The van der Waals surface area contributed by atoms with E-state index in [0.717, 1.165) is 18.9 Å². The third kappa shape index (κ3) is 2.73. The second-order valence-electron chi connectivity index (χ2n) is 4.87. The summed E-state index contributed by atoms with van der Waals surface area (Å²) < 4.78 is 58.1. The van der Waals surface area contributed by atoms with Gasteiger partial charge >= 0.3 is 0 Å². The van der Waals surface area contributed by atoms with Crippen LogP contribution in [-0.4, -0.2) is 18.6 Å². The van der Waals surface area contributed by atoms with Crippen molar-refractivity contribution in [1.82, 2.24) is 10.1 Å². The van der Waals surface area contributed by atoms with Gasteiger partial charge in [0.1, 0.15) is 16.5 Å². The molecule has 0 saturated heterocycles. The van der Waals surface area contributed by atoms with E-state index in [9.17, 15) is 17.2 Å². The first-order valence-electron chi connectivity index (χ1n) is 6.19. The number of nitrogens with zero attached hydrogens (tertiary/aromatic N) is 2. The lowest BCUT2D eigenvalue weighted by molar-refractivity contribution is 0.380. The minimum atomic E-state index is -4.33. The number of hydrogen-bond acceptors (Lipinski definition) is 5. The summed E-state index contributed by atoms with van der Waals surface area (Å²) >= 11 is 0. The Morgan fingerprint density at radius 2 is 2.00 bits per heavy atom. The van der Waals surface area contributed by atoms with E-state index in [1.807, 2.05) is 4.72 Å². The van der Waals surface area contributed by atoms with Gasteiger partial charge in [-0.15, -0.1) is 0 Å². The van der Waals surface area contributed by atoms with E-state index >= 15 is 0 Å². The first kappa shape index (κ1) is 13.9. The van der Waals surface area contributed by atoms with Gasteiger partial charge in [0.05, 0.1) is 0 Å². The number of benzene rings is 1. The SMILES string of the molecule is Cc1cc(F)c(S(=O)(=O)Nc2noc(C3CC3)n2)cc1F. The average Bonchev–Trinajstić information content (AvgIpc) is 3.15. The maximum Gasteiger partial charge on any atom is 0.277 e. The minimum absolute atomic E-state index is 0.0158. The number of nitrogens with one attached hydrogen (secondary N) is 1. The standard InChI is InChI=1S/C12H11F2N3O3S/c1-6-4-9(14)10(5-8(6)13)21(18,19)17-12-15-11(20-16-12)7-2-3-7/h4-5,7H,2-3H2,1H3,(H,16,17). The molecule has 1 aromatic carbocycles. The Labute approximate surface area is 119 Å². The molecule has 1 heterocycles. The lowest BCUT2D eigenvalue weighted by Gasteiger charge is -2.06. The van der Waals surface area contributed by atoms with E-state index in [2.05, 4.69) is 10.1 Å². The monoisotopic (exact) mass is 315 g/mol. The molecule has 6 nitrogen and oxygen atoms in total. The summed E-state index contributed by atoms with van der Waals surface area (Å²) in [6.45, 7) is 1.34. The molecule has 0 spiro atoms. The number of halogens is 2. The molecule has 21 heavy (non-hydrogen) atoms. The van der Waals surface area contributed by atoms with E-state index in [-0.39, 0.29) is 17.4 Å². The highest BCUT2D eigenvalue weighted by molar-refractivity contribution is 7.92. The third-order valence-corrected chi connectivity index (χ3v) is 4.44. The molecule has 1 fully saturated rings. The van der Waals surface area contributed by atoms with Crippen LogP contribution < -0.4 is 4.72 Å². The Morgan fingerprint density at radius 1 is 1.29 bits per heavy atom. The molecule has 1 N–H and O–H groups in total. The van der Waals surface area contributed by atoms with Crippen LogP contribution in [0.1, 0.15) is 30.2 Å². The molecular formula is C12H11F2N3O3S. The van der Waals surface area contributed by atoms with Gasteiger partial charge in [-0.25, -0.2) is 21.9 Å². The second kappa shape index (κ2) is 4.76. The fourth-order valence-corrected chi connectivity index (χ4v) is 2.79. The summed E-state index contributed by atoms with van der Waals surface area (Å²) in [7, 11) is -4.33. The van der Waals surface area contributed by atoms with Crippen molar-refractivity contribution in [3.8, 4) is 0 Å². The van der Waals surface area contributed by atoms with Gasteiger partial charge in [0.15, 0.2) is 0 Å². The van der Waals surface area contributed by atoms with E-state index in [1.54, 1.807) is 0 Å². The van der Waals surface area contributed by atoms with Crippen LogP contribution in [-0.2, 0) is 10.0 Å². The lowest BCUT2D eigenvalue weighted by Crippen LogP contribution is -2.16. The zero-order valence-corrected chi connectivity index (χ0v) is 11.7. The largest absolute Gasteiger partial charge is 0.337 e. The Kier molecular flexibility index (Phi) is 3.16. The van der Waals surface area contributed by atoms with Crippen LogP contribution in [0.15, 0.2) is 21.6 Å². The molecule has 0 atom stereocenters. The highest BCUT2D eigenvalue weighted by Gasteiger charge is 2.30. The van der Waals surface area contributed by atoms with Crippen LogP contribution in [0.3, 0.4) is 0 Å². The number of aryl methyl sites for hydroxylation is 1. The number of sulfonamides is 1. The Morgan fingerprint density at radius 3 is 2.67 bits per heavy atom. The van der Waals surface area contributed by atoms with Crippen molar-refractivity contribution in [2.24, 2.45) is 0 Å². The van der Waals surface area contributed by atoms with Gasteiger partial charge in [-0.1, -0.05) is 0 Å². The first-order chi connectivity index (χ1) is 9.87. The molecule has 0 aliphatic heterocycles. The smallest absolute Gasteiger partial charge is 0.277 e. The fourth-order valence-electron chi connectivity index (χ4n) is 1.78. The fraction of sp³-hybridized carbons (Fsp3) is 0.333. The zero-order valence-electron chi connectivity index (χ0n) is 10.9. The van der Waals surface area contributed by atoms with Crippen molar-refractivity contribution in [1.29, 1.82) is 0 Å². The molecule has 0 radical (unpaired) electrons. The molecule has 0 amide bonds. The molecule has 1 saturated carbocycles. The quantitative estimate of drug-likeness (QED) is 0.936. The second-order valence-corrected chi connectivity index (χ2v) is 6.52. The van der Waals surface area contributed by atoms with Crippen LogP contribution in [0, 0.1) is 18.6 Å². The first-order valence-corrected chi connectivity index (χ1v) is 7.67. The topological polar surface area (TPSA) is 85.1 Å². The minimum Gasteiger partial charge on any atom is -0.337 e. The van der Waals surface area contributed by atoms with Crippen molar-refractivity contribution in [2.45, 2.75) is 30.6 Å². The average molecular weight is 315 g/mol. The molecule has 0 unspecified atom stereocenters. The molecule has 3 rings (SSSR count). The normalized spacial score (nSPS) is 15.2. The summed E-state index contributed by atoms with van der Waals surface area (Å²) in [5.41, 5.74) is 0.0158. The van der Waals surface area contributed by atoms with Gasteiger partial charge < -0.3 is 4.52 Å². The zero-order chi connectivity index (χ0) is 15.2. The lowest BCUT2D eigenvalue weighted by atomic mass is 10.2. The number of anilines is 1. The van der Waals surface area contributed by atoms with Gasteiger partial charge in [-0.05, 0) is 42.6 Å². The van der Waals surface area contributed by atoms with Crippen molar-refractivity contribution in [2.75, 3.05) is 4.72 Å². The van der Waals surface area contributed by atoms with E-state index < -0.39 is 26.6 Å². The highest BCUT2D eigenvalue weighted by Crippen LogP contribution is 2.39. The maximum absolute atomic E-state index is 13.7. The van der Waals surface area contributed by atoms with E-state index in [0.29, 0.717) is 12.0 Å².